The van der Waals surface area contributed by atoms with E-state index in [0.29, 0.717) is 26.1 Å². The third-order valence-electron chi connectivity index (χ3n) is 5.83. The van der Waals surface area contributed by atoms with Crippen molar-refractivity contribution in [3.8, 4) is 5.75 Å². The molecule has 0 saturated carbocycles. The summed E-state index contributed by atoms with van der Waals surface area (Å²) in [6.45, 7) is 1.47. The molecule has 6 nitrogen and oxygen atoms in total. The van der Waals surface area contributed by atoms with E-state index in [1.165, 1.54) is 9.87 Å². The van der Waals surface area contributed by atoms with Crippen molar-refractivity contribution in [2.24, 2.45) is 0 Å². The number of carbonyl (C=O) groups excluding carboxylic acids is 1. The molecular formula is C22H26N2O4S. The monoisotopic (exact) mass is 414 g/mol. The predicted molar refractivity (Wildman–Crippen MR) is 110 cm³/mol. The van der Waals surface area contributed by atoms with Crippen LogP contribution in [-0.2, 0) is 27.8 Å². The van der Waals surface area contributed by atoms with E-state index in [4.69, 9.17) is 4.74 Å². The zero-order valence-corrected chi connectivity index (χ0v) is 17.4. The molecule has 2 aromatic carbocycles. The average molecular weight is 415 g/mol. The lowest BCUT2D eigenvalue weighted by molar-refractivity contribution is -0.137. The molecule has 7 heteroatoms. The summed E-state index contributed by atoms with van der Waals surface area (Å²) >= 11 is 0. The quantitative estimate of drug-likeness (QED) is 0.772. The molecular weight excluding hydrogens is 388 g/mol. The van der Waals surface area contributed by atoms with Crippen LogP contribution < -0.4 is 4.74 Å². The molecule has 1 amide bonds. The first-order valence-corrected chi connectivity index (χ1v) is 11.5. The van der Waals surface area contributed by atoms with Gasteiger partial charge in [-0.25, -0.2) is 8.42 Å². The number of carbonyl (C=O) groups is 1. The van der Waals surface area contributed by atoms with Crippen LogP contribution in [0.25, 0.3) is 0 Å². The van der Waals surface area contributed by atoms with Crippen LogP contribution in [0.5, 0.6) is 5.75 Å². The number of amides is 1. The van der Waals surface area contributed by atoms with Gasteiger partial charge in [-0.3, -0.25) is 4.79 Å². The highest BCUT2D eigenvalue weighted by Gasteiger charge is 2.39. The Hall–Kier alpha value is -2.38. The summed E-state index contributed by atoms with van der Waals surface area (Å²) in [6.07, 6.45) is 2.96. The summed E-state index contributed by atoms with van der Waals surface area (Å²) in [5.74, 6) is 0.668. The summed E-state index contributed by atoms with van der Waals surface area (Å²) in [6, 6.07) is 13.7. The molecule has 2 aromatic rings. The van der Waals surface area contributed by atoms with Crippen molar-refractivity contribution in [3.63, 3.8) is 0 Å². The van der Waals surface area contributed by atoms with E-state index in [2.05, 4.69) is 0 Å². The van der Waals surface area contributed by atoms with Gasteiger partial charge in [0, 0.05) is 19.6 Å². The Balaban J connectivity index is 1.58. The molecule has 0 N–H and O–H groups in total. The van der Waals surface area contributed by atoms with Crippen LogP contribution in [0.15, 0.2) is 53.4 Å². The molecule has 0 spiro atoms. The molecule has 154 valence electrons. The molecule has 4 rings (SSSR count). The molecule has 0 aromatic heterocycles. The van der Waals surface area contributed by atoms with Crippen LogP contribution in [0.1, 0.15) is 30.4 Å². The Bertz CT molecular complexity index is 991. The maximum atomic E-state index is 13.4. The van der Waals surface area contributed by atoms with Crippen molar-refractivity contribution in [3.05, 3.63) is 59.7 Å². The van der Waals surface area contributed by atoms with E-state index >= 15 is 0 Å². The van der Waals surface area contributed by atoms with Crippen LogP contribution >= 0.6 is 0 Å². The topological polar surface area (TPSA) is 66.9 Å². The lowest BCUT2D eigenvalue weighted by atomic mass is 9.97. The highest BCUT2D eigenvalue weighted by Crippen LogP contribution is 2.29. The molecule has 2 heterocycles. The van der Waals surface area contributed by atoms with Crippen molar-refractivity contribution in [2.75, 3.05) is 20.2 Å². The van der Waals surface area contributed by atoms with Crippen molar-refractivity contribution in [1.29, 1.82) is 0 Å². The van der Waals surface area contributed by atoms with Gasteiger partial charge in [-0.2, -0.15) is 4.31 Å². The zero-order valence-electron chi connectivity index (χ0n) is 16.6. The van der Waals surface area contributed by atoms with E-state index < -0.39 is 16.1 Å². The number of methoxy groups -OCH3 is 1. The van der Waals surface area contributed by atoms with E-state index in [1.54, 1.807) is 42.3 Å². The summed E-state index contributed by atoms with van der Waals surface area (Å²) in [7, 11) is -2.07. The average Bonchev–Trinajstić information content (AvgIpc) is 2.78. The number of nitrogens with zero attached hydrogens (tertiary/aromatic N) is 2. The fraction of sp³-hybridized carbons (Fsp3) is 0.409. The van der Waals surface area contributed by atoms with Crippen LogP contribution in [-0.4, -0.2) is 49.8 Å². The maximum absolute atomic E-state index is 13.4. The molecule has 2 aliphatic rings. The van der Waals surface area contributed by atoms with Gasteiger partial charge in [-0.05, 0) is 54.7 Å². The van der Waals surface area contributed by atoms with E-state index in [-0.39, 0.29) is 10.8 Å². The van der Waals surface area contributed by atoms with Gasteiger partial charge < -0.3 is 9.64 Å². The Kier molecular flexibility index (Phi) is 5.61. The maximum Gasteiger partial charge on any atom is 0.243 e. The Morgan fingerprint density at radius 1 is 1.03 bits per heavy atom. The number of rotatable bonds is 4. The zero-order chi connectivity index (χ0) is 20.4. The third kappa shape index (κ3) is 3.89. The molecule has 1 fully saturated rings. The summed E-state index contributed by atoms with van der Waals surface area (Å²) in [5, 5.41) is 0. The highest BCUT2D eigenvalue weighted by molar-refractivity contribution is 7.89. The largest absolute Gasteiger partial charge is 0.497 e. The summed E-state index contributed by atoms with van der Waals surface area (Å²) in [5.41, 5.74) is 2.28. The fourth-order valence-electron chi connectivity index (χ4n) is 4.23. The minimum Gasteiger partial charge on any atom is -0.497 e. The molecule has 2 aliphatic heterocycles. The summed E-state index contributed by atoms with van der Waals surface area (Å²) in [4.78, 5) is 15.4. The Morgan fingerprint density at radius 2 is 1.83 bits per heavy atom. The Labute approximate surface area is 172 Å². The molecule has 1 unspecified atom stereocenters. The van der Waals surface area contributed by atoms with Gasteiger partial charge in [-0.1, -0.05) is 30.7 Å². The van der Waals surface area contributed by atoms with Gasteiger partial charge in [0.15, 0.2) is 0 Å². The second-order valence-electron chi connectivity index (χ2n) is 7.58. The lowest BCUT2D eigenvalue weighted by Gasteiger charge is -2.38. The first-order valence-electron chi connectivity index (χ1n) is 10.0. The second kappa shape index (κ2) is 8.16. The van der Waals surface area contributed by atoms with Gasteiger partial charge in [0.2, 0.25) is 15.9 Å². The van der Waals surface area contributed by atoms with E-state index in [9.17, 15) is 13.2 Å². The fourth-order valence-corrected chi connectivity index (χ4v) is 5.90. The van der Waals surface area contributed by atoms with Gasteiger partial charge in [0.1, 0.15) is 11.8 Å². The van der Waals surface area contributed by atoms with Crippen LogP contribution in [0, 0.1) is 0 Å². The van der Waals surface area contributed by atoms with Crippen molar-refractivity contribution >= 4 is 15.9 Å². The van der Waals surface area contributed by atoms with Crippen molar-refractivity contribution in [1.82, 2.24) is 9.21 Å². The number of piperidine rings is 1. The second-order valence-corrected chi connectivity index (χ2v) is 9.48. The number of ether oxygens (including phenoxy) is 1. The smallest absolute Gasteiger partial charge is 0.243 e. The molecule has 1 atom stereocenters. The number of hydrogen-bond donors (Lipinski definition) is 0. The minimum atomic E-state index is -3.70. The highest BCUT2D eigenvalue weighted by atomic mass is 32.2. The van der Waals surface area contributed by atoms with Gasteiger partial charge >= 0.3 is 0 Å². The van der Waals surface area contributed by atoms with Crippen molar-refractivity contribution in [2.45, 2.75) is 43.2 Å². The standard InChI is InChI=1S/C22H26N2O4S/c1-28-19-11-10-17-12-14-23(16-18(17)15-19)22(25)21-9-5-6-13-24(21)29(26,27)20-7-3-2-4-8-20/h2-4,7-8,10-11,15,21H,5-6,9,12-14,16H2,1H3. The van der Waals surface area contributed by atoms with Crippen LogP contribution in [0.2, 0.25) is 0 Å². The predicted octanol–water partition coefficient (Wildman–Crippen LogP) is 2.82. The van der Waals surface area contributed by atoms with Gasteiger partial charge in [0.05, 0.1) is 12.0 Å². The van der Waals surface area contributed by atoms with Crippen LogP contribution in [0.4, 0.5) is 0 Å². The molecule has 29 heavy (non-hydrogen) atoms. The van der Waals surface area contributed by atoms with Crippen LogP contribution in [0.3, 0.4) is 0 Å². The van der Waals surface area contributed by atoms with E-state index in [1.807, 2.05) is 18.2 Å². The molecule has 0 bridgehead atoms. The first kappa shape index (κ1) is 19.9. The number of fused-ring (bicyclic) bond motifs is 1. The van der Waals surface area contributed by atoms with Gasteiger partial charge in [0.25, 0.3) is 0 Å². The minimum absolute atomic E-state index is 0.0994. The number of sulfonamides is 1. The SMILES string of the molecule is COc1ccc2c(c1)CN(C(=O)C1CCCCN1S(=O)(=O)c1ccccc1)CC2. The van der Waals surface area contributed by atoms with Crippen molar-refractivity contribution < 1.29 is 17.9 Å². The third-order valence-corrected chi connectivity index (χ3v) is 7.75. The number of hydrogen-bond acceptors (Lipinski definition) is 4. The van der Waals surface area contributed by atoms with Gasteiger partial charge in [-0.15, -0.1) is 0 Å². The Morgan fingerprint density at radius 3 is 2.59 bits per heavy atom. The summed E-state index contributed by atoms with van der Waals surface area (Å²) < 4.78 is 33.1. The van der Waals surface area contributed by atoms with E-state index in [0.717, 1.165) is 30.6 Å². The first-order chi connectivity index (χ1) is 14.0. The number of benzene rings is 2. The molecule has 0 radical (unpaired) electrons. The lowest BCUT2D eigenvalue weighted by Crippen LogP contribution is -2.53. The normalized spacial score (nSPS) is 20.2. The molecule has 1 saturated heterocycles. The molecule has 0 aliphatic carbocycles.